The average molecular weight is 509 g/mol. The first kappa shape index (κ1) is 27.2. The van der Waals surface area contributed by atoms with Crippen LogP contribution in [0.15, 0.2) is 24.3 Å². The summed E-state index contributed by atoms with van der Waals surface area (Å²) in [6.07, 6.45) is 15.6. The summed E-state index contributed by atoms with van der Waals surface area (Å²) in [7, 11) is 0. The Kier molecular flexibility index (Phi) is 6.48. The molecule has 9 atom stereocenters. The highest BCUT2D eigenvalue weighted by atomic mass is 16.5. The molecule has 5 aliphatic carbocycles. The summed E-state index contributed by atoms with van der Waals surface area (Å²) >= 11 is 0. The van der Waals surface area contributed by atoms with Crippen LogP contribution in [-0.2, 0) is 14.3 Å². The van der Waals surface area contributed by atoms with E-state index in [0.29, 0.717) is 42.0 Å². The molecular weight excluding hydrogens is 456 g/mol. The highest BCUT2D eigenvalue weighted by Crippen LogP contribution is 2.77. The number of hydrogen-bond acceptors (Lipinski definition) is 3. The predicted octanol–water partition coefficient (Wildman–Crippen LogP) is 8.33. The summed E-state index contributed by atoms with van der Waals surface area (Å²) in [4.78, 5) is 25.4. The smallest absolute Gasteiger partial charge is 0.330 e. The Morgan fingerprint density at radius 3 is 2.35 bits per heavy atom. The van der Waals surface area contributed by atoms with E-state index in [4.69, 9.17) is 4.74 Å². The molecule has 5 rings (SSSR count). The van der Waals surface area contributed by atoms with Crippen molar-refractivity contribution in [3.05, 3.63) is 24.3 Å². The Morgan fingerprint density at radius 1 is 0.946 bits per heavy atom. The van der Waals surface area contributed by atoms with Crippen LogP contribution in [0.5, 0.6) is 0 Å². The van der Waals surface area contributed by atoms with Gasteiger partial charge in [0.2, 0.25) is 0 Å². The zero-order chi connectivity index (χ0) is 27.0. The lowest BCUT2D eigenvalue weighted by Gasteiger charge is -2.72. The minimum atomic E-state index is -0.195. The van der Waals surface area contributed by atoms with E-state index in [9.17, 15) is 9.59 Å². The molecule has 0 heterocycles. The van der Waals surface area contributed by atoms with Crippen molar-refractivity contribution in [3.8, 4) is 0 Å². The fourth-order valence-electron chi connectivity index (χ4n) is 11.7. The largest absolute Gasteiger partial charge is 0.463 e. The summed E-state index contributed by atoms with van der Waals surface area (Å²) in [6, 6.07) is 0. The lowest BCUT2D eigenvalue weighted by molar-refractivity contribution is -0.230. The fourth-order valence-corrected chi connectivity index (χ4v) is 11.7. The van der Waals surface area contributed by atoms with E-state index in [1.165, 1.54) is 44.1 Å². The third-order valence-electron chi connectivity index (χ3n) is 13.7. The van der Waals surface area contributed by atoms with Gasteiger partial charge in [-0.2, -0.15) is 0 Å². The second-order valence-electron chi connectivity index (χ2n) is 15.1. The summed E-state index contributed by atoms with van der Waals surface area (Å²) in [5.74, 6) is 3.22. The highest BCUT2D eigenvalue weighted by molar-refractivity contribution is 5.85. The maximum Gasteiger partial charge on any atom is 0.330 e. The number of esters is 1. The van der Waals surface area contributed by atoms with E-state index in [0.717, 1.165) is 25.7 Å². The predicted molar refractivity (Wildman–Crippen MR) is 150 cm³/mol. The molecule has 3 heteroatoms. The van der Waals surface area contributed by atoms with Gasteiger partial charge < -0.3 is 4.74 Å². The maximum absolute atomic E-state index is 13.0. The molecule has 0 aromatic rings. The van der Waals surface area contributed by atoms with Crippen molar-refractivity contribution >= 4 is 11.8 Å². The van der Waals surface area contributed by atoms with Crippen LogP contribution in [0.1, 0.15) is 113 Å². The lowest BCUT2D eigenvalue weighted by Crippen LogP contribution is -2.66. The Morgan fingerprint density at radius 2 is 1.68 bits per heavy atom. The van der Waals surface area contributed by atoms with Crippen molar-refractivity contribution in [1.82, 2.24) is 0 Å². The maximum atomic E-state index is 13.0. The molecule has 0 amide bonds. The van der Waals surface area contributed by atoms with Gasteiger partial charge in [-0.3, -0.25) is 4.79 Å². The Bertz CT molecular complexity index is 1010. The molecule has 0 saturated heterocycles. The van der Waals surface area contributed by atoms with Gasteiger partial charge in [-0.1, -0.05) is 52.8 Å². The van der Waals surface area contributed by atoms with Crippen molar-refractivity contribution in [2.45, 2.75) is 113 Å². The number of allylic oxidation sites excluding steroid dienone is 2. The van der Waals surface area contributed by atoms with Crippen LogP contribution in [-0.4, -0.2) is 18.4 Å². The van der Waals surface area contributed by atoms with E-state index in [1.54, 1.807) is 6.08 Å². The fraction of sp³-hybridized carbons (Fsp3) is 0.824. The molecule has 0 N–H and O–H groups in total. The third-order valence-corrected chi connectivity index (χ3v) is 13.7. The molecule has 0 aromatic carbocycles. The van der Waals surface area contributed by atoms with Gasteiger partial charge in [0.25, 0.3) is 0 Å². The van der Waals surface area contributed by atoms with Gasteiger partial charge in [0, 0.05) is 17.9 Å². The van der Waals surface area contributed by atoms with Gasteiger partial charge >= 0.3 is 5.97 Å². The molecule has 3 nitrogen and oxygen atoms in total. The number of hydrogen-bond donors (Lipinski definition) is 0. The Hall–Kier alpha value is -1.38. The van der Waals surface area contributed by atoms with Gasteiger partial charge in [0.15, 0.2) is 0 Å². The molecule has 0 aromatic heterocycles. The first-order chi connectivity index (χ1) is 17.3. The normalized spacial score (nSPS) is 48.5. The van der Waals surface area contributed by atoms with Gasteiger partial charge in [-0.25, -0.2) is 4.79 Å². The van der Waals surface area contributed by atoms with Crippen LogP contribution in [0.3, 0.4) is 0 Å². The quantitative estimate of drug-likeness (QED) is 0.218. The molecule has 5 fully saturated rings. The van der Waals surface area contributed by atoms with Crippen LogP contribution in [0.25, 0.3) is 0 Å². The number of carbonyl (C=O) groups is 2. The minimum absolute atomic E-state index is 0.0874. The summed E-state index contributed by atoms with van der Waals surface area (Å²) < 4.78 is 5.28. The second-order valence-corrected chi connectivity index (χ2v) is 15.1. The standard InChI is InChI=1S/C34H52O3/c1-9-37-28(36)15-19-34-18-12-23(22(2)3)29(34)24-10-11-26-31(6)16-14-27(35)30(4,5)25(31)13-17-33(26,8)32(24,7)20-21-34/h15,19,23-26,29H,2,9-14,16-18,20-21H2,1,3-8H3/t23-,24?,25?,26?,29?,31-,32+,33+,34-/m0/s1. The van der Waals surface area contributed by atoms with Gasteiger partial charge in [-0.15, -0.1) is 0 Å². The summed E-state index contributed by atoms with van der Waals surface area (Å²) in [5.41, 5.74) is 2.04. The first-order valence-corrected chi connectivity index (χ1v) is 15.3. The molecule has 4 unspecified atom stereocenters. The molecule has 0 bridgehead atoms. The molecule has 0 radical (unpaired) electrons. The molecule has 5 aliphatic rings. The molecule has 37 heavy (non-hydrogen) atoms. The lowest BCUT2D eigenvalue weighted by atomic mass is 9.32. The van der Waals surface area contributed by atoms with E-state index in [2.05, 4.69) is 54.2 Å². The summed E-state index contributed by atoms with van der Waals surface area (Å²) in [6.45, 7) is 21.4. The molecule has 206 valence electrons. The molecule has 0 aliphatic heterocycles. The first-order valence-electron chi connectivity index (χ1n) is 15.3. The zero-order valence-corrected chi connectivity index (χ0v) is 24.8. The van der Waals surface area contributed by atoms with Crippen molar-refractivity contribution in [2.75, 3.05) is 6.61 Å². The van der Waals surface area contributed by atoms with E-state index < -0.39 is 0 Å². The van der Waals surface area contributed by atoms with Crippen LogP contribution < -0.4 is 0 Å². The highest BCUT2D eigenvalue weighted by Gasteiger charge is 2.70. The number of fused-ring (bicyclic) bond motifs is 7. The van der Waals surface area contributed by atoms with E-state index in [1.807, 2.05) is 6.92 Å². The van der Waals surface area contributed by atoms with Crippen LogP contribution >= 0.6 is 0 Å². The SMILES string of the molecule is C=C(C)[C@@H]1CC[C@]2(C=CC(=O)OCC)CC[C@]3(C)C(CCC4[C@@]5(C)CCC(=O)C(C)(C)C5CC[C@]43C)C12. The minimum Gasteiger partial charge on any atom is -0.463 e. The van der Waals surface area contributed by atoms with Crippen LogP contribution in [0, 0.1) is 56.7 Å². The van der Waals surface area contributed by atoms with Crippen LogP contribution in [0.4, 0.5) is 0 Å². The number of ketones is 1. The number of ether oxygens (including phenoxy) is 1. The number of carbonyl (C=O) groups excluding carboxylic acids is 2. The van der Waals surface area contributed by atoms with E-state index >= 15 is 0 Å². The van der Waals surface area contributed by atoms with Gasteiger partial charge in [0.1, 0.15) is 5.78 Å². The third kappa shape index (κ3) is 3.64. The second kappa shape index (κ2) is 8.82. The average Bonchev–Trinajstić information content (AvgIpc) is 3.21. The Balaban J connectivity index is 1.53. The monoisotopic (exact) mass is 508 g/mol. The number of rotatable bonds is 4. The van der Waals surface area contributed by atoms with Crippen molar-refractivity contribution in [2.24, 2.45) is 56.7 Å². The number of Topliss-reactive ketones (excluding diaryl/α,β-unsaturated/α-hetero) is 1. The molecular formula is C34H52O3. The van der Waals surface area contributed by atoms with Crippen molar-refractivity contribution < 1.29 is 14.3 Å². The van der Waals surface area contributed by atoms with Crippen molar-refractivity contribution in [1.29, 1.82) is 0 Å². The zero-order valence-electron chi connectivity index (χ0n) is 24.8. The van der Waals surface area contributed by atoms with Gasteiger partial charge in [0.05, 0.1) is 6.61 Å². The van der Waals surface area contributed by atoms with E-state index in [-0.39, 0.29) is 33.0 Å². The molecule has 0 spiro atoms. The topological polar surface area (TPSA) is 43.4 Å². The molecule has 5 saturated carbocycles. The summed E-state index contributed by atoms with van der Waals surface area (Å²) in [5, 5.41) is 0. The van der Waals surface area contributed by atoms with Crippen LogP contribution in [0.2, 0.25) is 0 Å². The Labute approximate surface area is 226 Å². The van der Waals surface area contributed by atoms with Crippen molar-refractivity contribution in [3.63, 3.8) is 0 Å². The van der Waals surface area contributed by atoms with Gasteiger partial charge in [-0.05, 0) is 123 Å².